The first-order chi connectivity index (χ1) is 10.8. The first-order valence-corrected chi connectivity index (χ1v) is 7.08. The Bertz CT molecular complexity index is 380. The van der Waals surface area contributed by atoms with Gasteiger partial charge in [-0.3, -0.25) is 0 Å². The number of aliphatic hydroxyl groups is 8. The number of hydrogen-bond acceptors (Lipinski definition) is 11. The van der Waals surface area contributed by atoms with E-state index in [0.29, 0.717) is 0 Å². The Hall–Kier alpha value is -0.520. The lowest BCUT2D eigenvalue weighted by Gasteiger charge is -2.45. The highest BCUT2D eigenvalue weighted by Gasteiger charge is 2.50. The molecule has 12 N–H and O–H groups in total. The van der Waals surface area contributed by atoms with Gasteiger partial charge in [0, 0.05) is 0 Å². The predicted octanol–water partition coefficient (Wildman–Crippen LogP) is -7.05. The first-order valence-electron chi connectivity index (χ1n) is 7.08. The molecule has 1 unspecified atom stereocenters. The van der Waals surface area contributed by atoms with E-state index in [4.69, 9.17) is 19.3 Å². The minimum atomic E-state index is -1.74. The molecule has 2 heterocycles. The average Bonchev–Trinajstić information content (AvgIpc) is 2.55. The molecule has 0 saturated carbocycles. The zero-order valence-corrected chi connectivity index (χ0v) is 13.0. The second-order valence-electron chi connectivity index (χ2n) is 5.53. The molecule has 2 aliphatic heterocycles. The van der Waals surface area contributed by atoms with E-state index in [1.54, 1.807) is 0 Å². The summed E-state index contributed by atoms with van der Waals surface area (Å²) < 4.78 is 15.3. The Kier molecular flexibility index (Phi) is 9.77. The van der Waals surface area contributed by atoms with E-state index in [1.165, 1.54) is 0 Å². The van der Waals surface area contributed by atoms with Crippen molar-refractivity contribution in [3.8, 4) is 0 Å². The second kappa shape index (κ2) is 9.98. The summed E-state index contributed by atoms with van der Waals surface area (Å²) in [6.45, 7) is -1.35. The van der Waals surface area contributed by atoms with Crippen molar-refractivity contribution >= 4 is 0 Å². The van der Waals surface area contributed by atoms with Gasteiger partial charge in [0.05, 0.1) is 13.2 Å². The van der Waals surface area contributed by atoms with Gasteiger partial charge >= 0.3 is 0 Å². The Morgan fingerprint density at radius 1 is 0.640 bits per heavy atom. The lowest BCUT2D eigenvalue weighted by molar-refractivity contribution is -0.355. The van der Waals surface area contributed by atoms with E-state index in [9.17, 15) is 35.7 Å². The topological polar surface area (TPSA) is 253 Å². The molecule has 0 aromatic carbocycles. The van der Waals surface area contributed by atoms with Crippen molar-refractivity contribution < 1.29 is 66.0 Å². The third-order valence-corrected chi connectivity index (χ3v) is 3.98. The van der Waals surface area contributed by atoms with Crippen LogP contribution in [0, 0.1) is 0 Å². The van der Waals surface area contributed by atoms with Gasteiger partial charge in [0.1, 0.15) is 48.8 Å². The molecule has 0 aliphatic carbocycles. The molecular formula is C12H26O13. The van der Waals surface area contributed by atoms with E-state index in [1.807, 2.05) is 0 Å². The normalized spacial score (nSPS) is 47.5. The van der Waals surface area contributed by atoms with Crippen molar-refractivity contribution in [1.82, 2.24) is 0 Å². The first kappa shape index (κ1) is 24.5. The van der Waals surface area contributed by atoms with Gasteiger partial charge in [-0.1, -0.05) is 0 Å². The van der Waals surface area contributed by atoms with Gasteiger partial charge in [0.15, 0.2) is 12.6 Å². The molecule has 0 amide bonds. The Balaban J connectivity index is 0.00000288. The summed E-state index contributed by atoms with van der Waals surface area (Å²) in [5.74, 6) is 0. The summed E-state index contributed by atoms with van der Waals surface area (Å²) in [5.41, 5.74) is 0. The molecule has 152 valence electrons. The lowest BCUT2D eigenvalue weighted by atomic mass is 9.97. The van der Waals surface area contributed by atoms with Crippen LogP contribution in [0.15, 0.2) is 0 Å². The molecule has 2 saturated heterocycles. The quantitative estimate of drug-likeness (QED) is 0.228. The Labute approximate surface area is 141 Å². The SMILES string of the molecule is O.O.OC[C@H]1O[C@H](O)[C@H](O)[C@@H](O)C1O[C@@H]1O[C@H](CO)[C@H](O)[C@H](O)[C@H]1O. The highest BCUT2D eigenvalue weighted by Crippen LogP contribution is 2.28. The standard InChI is InChI=1S/C12H22O11.2H2O/c13-1-3-5(15)6(16)9(19)12(22-3)23-10-4(2-14)21-11(20)8(18)7(10)17;;/h3-20H,1-2H2;2*1H2/t3-,4-,5+,6+,7-,8-,9-,10?,11+,12+;;/m1../s1. The van der Waals surface area contributed by atoms with Gasteiger partial charge in [0.25, 0.3) is 0 Å². The van der Waals surface area contributed by atoms with Gasteiger partial charge in [0.2, 0.25) is 0 Å². The zero-order chi connectivity index (χ0) is 17.3. The third kappa shape index (κ3) is 4.81. The van der Waals surface area contributed by atoms with Crippen LogP contribution >= 0.6 is 0 Å². The van der Waals surface area contributed by atoms with Crippen molar-refractivity contribution in [2.75, 3.05) is 13.2 Å². The van der Waals surface area contributed by atoms with E-state index < -0.39 is 74.6 Å². The second-order valence-corrected chi connectivity index (χ2v) is 5.53. The summed E-state index contributed by atoms with van der Waals surface area (Å²) in [5, 5.41) is 76.5. The molecule has 0 bridgehead atoms. The van der Waals surface area contributed by atoms with Gasteiger partial charge in [-0.15, -0.1) is 0 Å². The van der Waals surface area contributed by atoms with E-state index in [-0.39, 0.29) is 11.0 Å². The predicted molar refractivity (Wildman–Crippen MR) is 75.8 cm³/mol. The molecule has 2 rings (SSSR count). The molecule has 10 atom stereocenters. The van der Waals surface area contributed by atoms with E-state index in [0.717, 1.165) is 0 Å². The molecule has 25 heavy (non-hydrogen) atoms. The van der Waals surface area contributed by atoms with Crippen molar-refractivity contribution in [3.63, 3.8) is 0 Å². The van der Waals surface area contributed by atoms with Crippen LogP contribution in [0.4, 0.5) is 0 Å². The monoisotopic (exact) mass is 378 g/mol. The molecule has 0 aromatic rings. The molecule has 13 heteroatoms. The van der Waals surface area contributed by atoms with Gasteiger partial charge < -0.3 is 66.0 Å². The molecule has 13 nitrogen and oxygen atoms in total. The number of hydrogen-bond donors (Lipinski definition) is 8. The highest BCUT2D eigenvalue weighted by molar-refractivity contribution is 4.93. The maximum Gasteiger partial charge on any atom is 0.187 e. The van der Waals surface area contributed by atoms with Crippen LogP contribution in [0.5, 0.6) is 0 Å². The smallest absolute Gasteiger partial charge is 0.187 e. The van der Waals surface area contributed by atoms with Crippen molar-refractivity contribution in [2.45, 2.75) is 61.4 Å². The zero-order valence-electron chi connectivity index (χ0n) is 13.0. The van der Waals surface area contributed by atoms with E-state index >= 15 is 0 Å². The number of aliphatic hydroxyl groups excluding tert-OH is 8. The van der Waals surface area contributed by atoms with Crippen molar-refractivity contribution in [2.24, 2.45) is 0 Å². The summed E-state index contributed by atoms with van der Waals surface area (Å²) in [6.07, 6.45) is -15.6. The van der Waals surface area contributed by atoms with Crippen molar-refractivity contribution in [1.29, 1.82) is 0 Å². The molecular weight excluding hydrogens is 352 g/mol. The fourth-order valence-electron chi connectivity index (χ4n) is 2.57. The Morgan fingerprint density at radius 3 is 1.72 bits per heavy atom. The van der Waals surface area contributed by atoms with Gasteiger partial charge in [-0.25, -0.2) is 0 Å². The molecule has 2 fully saturated rings. The van der Waals surface area contributed by atoms with Crippen LogP contribution in [0.2, 0.25) is 0 Å². The largest absolute Gasteiger partial charge is 0.412 e. The Morgan fingerprint density at radius 2 is 1.20 bits per heavy atom. The summed E-state index contributed by atoms with van der Waals surface area (Å²) in [7, 11) is 0. The van der Waals surface area contributed by atoms with Crippen LogP contribution in [0.3, 0.4) is 0 Å². The van der Waals surface area contributed by atoms with Crippen LogP contribution in [-0.2, 0) is 14.2 Å². The van der Waals surface area contributed by atoms with Crippen molar-refractivity contribution in [3.05, 3.63) is 0 Å². The number of ether oxygens (including phenoxy) is 3. The fraction of sp³-hybridized carbons (Fsp3) is 1.00. The summed E-state index contributed by atoms with van der Waals surface area (Å²) >= 11 is 0. The maximum atomic E-state index is 9.94. The summed E-state index contributed by atoms with van der Waals surface area (Å²) in [6, 6.07) is 0. The minimum absolute atomic E-state index is 0. The van der Waals surface area contributed by atoms with Gasteiger partial charge in [-0.2, -0.15) is 0 Å². The molecule has 0 aromatic heterocycles. The fourth-order valence-corrected chi connectivity index (χ4v) is 2.57. The molecule has 2 aliphatic rings. The maximum absolute atomic E-state index is 9.94. The van der Waals surface area contributed by atoms with Gasteiger partial charge in [-0.05, 0) is 0 Å². The summed E-state index contributed by atoms with van der Waals surface area (Å²) in [4.78, 5) is 0. The average molecular weight is 378 g/mol. The molecule has 0 spiro atoms. The molecule has 0 radical (unpaired) electrons. The number of rotatable bonds is 4. The van der Waals surface area contributed by atoms with Crippen LogP contribution in [0.25, 0.3) is 0 Å². The minimum Gasteiger partial charge on any atom is -0.412 e. The third-order valence-electron chi connectivity index (χ3n) is 3.98. The van der Waals surface area contributed by atoms with Crippen LogP contribution in [0.1, 0.15) is 0 Å². The van der Waals surface area contributed by atoms with E-state index in [2.05, 4.69) is 0 Å². The van der Waals surface area contributed by atoms with Crippen LogP contribution in [-0.4, -0.2) is 126 Å². The lowest BCUT2D eigenvalue weighted by Crippen LogP contribution is -2.64. The highest BCUT2D eigenvalue weighted by atomic mass is 16.7. The van der Waals surface area contributed by atoms with Crippen LogP contribution < -0.4 is 0 Å².